The molecular weight excluding hydrogens is 456 g/mol. The van der Waals surface area contributed by atoms with Crippen LogP contribution in [0.1, 0.15) is 41.6 Å². The lowest BCUT2D eigenvalue weighted by Gasteiger charge is -2.08. The molecule has 0 heterocycles. The van der Waals surface area contributed by atoms with Gasteiger partial charge >= 0.3 is 5.97 Å². The van der Waals surface area contributed by atoms with E-state index >= 15 is 0 Å². The molecule has 2 amide bonds. The highest BCUT2D eigenvalue weighted by molar-refractivity contribution is 5.91. The minimum atomic E-state index is -0.393. The maximum Gasteiger partial charge on any atom is 0.337 e. The zero-order valence-electron chi connectivity index (χ0n) is 20.5. The monoisotopic (exact) mass is 488 g/mol. The Kier molecular flexibility index (Phi) is 10.7. The molecule has 3 aromatic rings. The number of methoxy groups -OCH3 is 1. The first-order valence-corrected chi connectivity index (χ1v) is 12.0. The number of carbonyl (C=O) groups excluding carboxylic acids is 3. The number of nitrogens with one attached hydrogen (secondary N) is 2. The molecule has 0 fully saturated rings. The Labute approximate surface area is 211 Å². The summed E-state index contributed by atoms with van der Waals surface area (Å²) in [5, 5.41) is 5.79. The average molecular weight is 489 g/mol. The van der Waals surface area contributed by atoms with E-state index in [1.165, 1.54) is 7.11 Å². The highest BCUT2D eigenvalue weighted by Crippen LogP contribution is 2.22. The molecule has 0 saturated carbocycles. The van der Waals surface area contributed by atoms with Gasteiger partial charge in [0.2, 0.25) is 11.8 Å². The van der Waals surface area contributed by atoms with Crippen molar-refractivity contribution in [1.82, 2.24) is 5.32 Å². The van der Waals surface area contributed by atoms with Gasteiger partial charge in [0.15, 0.2) is 0 Å². The van der Waals surface area contributed by atoms with Crippen molar-refractivity contribution in [1.29, 1.82) is 0 Å². The number of hydrogen-bond donors (Lipinski definition) is 2. The summed E-state index contributed by atoms with van der Waals surface area (Å²) in [4.78, 5) is 35.6. The van der Waals surface area contributed by atoms with Crippen molar-refractivity contribution in [3.63, 3.8) is 0 Å². The minimum absolute atomic E-state index is 0.0164. The summed E-state index contributed by atoms with van der Waals surface area (Å²) in [5.41, 5.74) is 4.28. The van der Waals surface area contributed by atoms with Gasteiger partial charge in [-0.25, -0.2) is 4.79 Å². The summed E-state index contributed by atoms with van der Waals surface area (Å²) >= 11 is 0. The second-order valence-electron chi connectivity index (χ2n) is 8.34. The SMILES string of the molecule is COC(=O)c1ccc(COCC(=O)NCCCCCC(=O)Nc2cccc(-c3ccccc3)c2)cc1. The Bertz CT molecular complexity index is 1130. The Hall–Kier alpha value is -3.97. The quantitative estimate of drug-likeness (QED) is 0.262. The molecule has 0 aliphatic carbocycles. The molecule has 0 bridgehead atoms. The fourth-order valence-corrected chi connectivity index (χ4v) is 3.61. The largest absolute Gasteiger partial charge is 0.465 e. The normalized spacial score (nSPS) is 10.5. The van der Waals surface area contributed by atoms with Gasteiger partial charge in [0.25, 0.3) is 0 Å². The van der Waals surface area contributed by atoms with Crippen molar-refractivity contribution in [2.45, 2.75) is 32.3 Å². The second-order valence-corrected chi connectivity index (χ2v) is 8.34. The Morgan fingerprint density at radius 3 is 2.28 bits per heavy atom. The number of amides is 2. The van der Waals surface area contributed by atoms with Crippen LogP contribution in [0.4, 0.5) is 5.69 Å². The highest BCUT2D eigenvalue weighted by atomic mass is 16.5. The topological polar surface area (TPSA) is 93.7 Å². The maximum atomic E-state index is 12.3. The molecular formula is C29H32N2O5. The molecule has 0 radical (unpaired) electrons. The molecule has 0 atom stereocenters. The molecule has 3 rings (SSSR count). The van der Waals surface area contributed by atoms with Gasteiger partial charge in [0.05, 0.1) is 19.3 Å². The van der Waals surface area contributed by atoms with Crippen molar-refractivity contribution < 1.29 is 23.9 Å². The molecule has 2 N–H and O–H groups in total. The fraction of sp³-hybridized carbons (Fsp3) is 0.276. The molecule has 7 heteroatoms. The third-order valence-corrected chi connectivity index (χ3v) is 5.53. The van der Waals surface area contributed by atoms with Crippen LogP contribution in [0.5, 0.6) is 0 Å². The number of carbonyl (C=O) groups is 3. The van der Waals surface area contributed by atoms with Crippen molar-refractivity contribution in [2.24, 2.45) is 0 Å². The van der Waals surface area contributed by atoms with Gasteiger partial charge in [-0.3, -0.25) is 9.59 Å². The van der Waals surface area contributed by atoms with E-state index < -0.39 is 5.97 Å². The standard InChI is InChI=1S/C29H32N2O5/c1-35-29(34)24-16-14-22(15-17-24)20-36-21-28(33)30-18-7-3-6-13-27(32)31-26-12-8-11-25(19-26)23-9-4-2-5-10-23/h2,4-5,8-12,14-17,19H,3,6-7,13,18,20-21H2,1H3,(H,30,33)(H,31,32). The van der Waals surface area contributed by atoms with Crippen LogP contribution < -0.4 is 10.6 Å². The molecule has 0 saturated heterocycles. The predicted molar refractivity (Wildman–Crippen MR) is 139 cm³/mol. The van der Waals surface area contributed by atoms with Crippen molar-refractivity contribution in [3.05, 3.63) is 90.0 Å². The van der Waals surface area contributed by atoms with E-state index in [-0.39, 0.29) is 25.0 Å². The molecule has 0 spiro atoms. The van der Waals surface area contributed by atoms with E-state index in [2.05, 4.69) is 15.4 Å². The molecule has 3 aromatic carbocycles. The van der Waals surface area contributed by atoms with Crippen LogP contribution in [0.2, 0.25) is 0 Å². The zero-order valence-corrected chi connectivity index (χ0v) is 20.5. The van der Waals surface area contributed by atoms with E-state index in [0.717, 1.165) is 41.6 Å². The summed E-state index contributed by atoms with van der Waals surface area (Å²) < 4.78 is 10.1. The Morgan fingerprint density at radius 1 is 0.778 bits per heavy atom. The number of anilines is 1. The lowest BCUT2D eigenvalue weighted by atomic mass is 10.1. The summed E-state index contributed by atoms with van der Waals surface area (Å²) in [7, 11) is 1.34. The van der Waals surface area contributed by atoms with Gasteiger partial charge in [-0.15, -0.1) is 0 Å². The molecule has 0 aliphatic heterocycles. The Morgan fingerprint density at radius 2 is 1.53 bits per heavy atom. The maximum absolute atomic E-state index is 12.3. The van der Waals surface area contributed by atoms with E-state index in [0.29, 0.717) is 18.5 Å². The van der Waals surface area contributed by atoms with Gasteiger partial charge in [-0.1, -0.05) is 61.0 Å². The molecule has 7 nitrogen and oxygen atoms in total. The van der Waals surface area contributed by atoms with Crippen LogP contribution in [0.15, 0.2) is 78.9 Å². The van der Waals surface area contributed by atoms with E-state index in [1.807, 2.05) is 54.6 Å². The van der Waals surface area contributed by atoms with Crippen molar-refractivity contribution in [2.75, 3.05) is 25.6 Å². The van der Waals surface area contributed by atoms with Crippen LogP contribution in [-0.2, 0) is 25.7 Å². The highest BCUT2D eigenvalue weighted by Gasteiger charge is 2.07. The van der Waals surface area contributed by atoms with Crippen LogP contribution in [0.3, 0.4) is 0 Å². The van der Waals surface area contributed by atoms with E-state index in [9.17, 15) is 14.4 Å². The first-order valence-electron chi connectivity index (χ1n) is 12.0. The van der Waals surface area contributed by atoms with Crippen molar-refractivity contribution >= 4 is 23.5 Å². The summed E-state index contributed by atoms with van der Waals surface area (Å²) in [6.07, 6.45) is 2.81. The summed E-state index contributed by atoms with van der Waals surface area (Å²) in [6, 6.07) is 24.7. The first kappa shape index (κ1) is 26.6. The number of rotatable bonds is 13. The number of ether oxygens (including phenoxy) is 2. The molecule has 0 aliphatic rings. The molecule has 0 aromatic heterocycles. The number of esters is 1. The van der Waals surface area contributed by atoms with Gasteiger partial charge in [-0.2, -0.15) is 0 Å². The third-order valence-electron chi connectivity index (χ3n) is 5.53. The predicted octanol–water partition coefficient (Wildman–Crippen LogP) is 4.97. The molecule has 188 valence electrons. The minimum Gasteiger partial charge on any atom is -0.465 e. The van der Waals surface area contributed by atoms with Gasteiger partial charge in [0.1, 0.15) is 6.61 Å². The summed E-state index contributed by atoms with van der Waals surface area (Å²) in [5.74, 6) is -0.592. The average Bonchev–Trinajstić information content (AvgIpc) is 2.91. The van der Waals surface area contributed by atoms with Crippen molar-refractivity contribution in [3.8, 4) is 11.1 Å². The van der Waals surface area contributed by atoms with E-state index in [1.54, 1.807) is 24.3 Å². The van der Waals surface area contributed by atoms with Crippen LogP contribution in [0.25, 0.3) is 11.1 Å². The Balaban J connectivity index is 1.24. The van der Waals surface area contributed by atoms with Gasteiger partial charge in [0, 0.05) is 18.7 Å². The van der Waals surface area contributed by atoms with E-state index in [4.69, 9.17) is 4.74 Å². The van der Waals surface area contributed by atoms with Gasteiger partial charge < -0.3 is 20.1 Å². The number of unbranched alkanes of at least 4 members (excludes halogenated alkanes) is 2. The fourth-order valence-electron chi connectivity index (χ4n) is 3.61. The molecule has 0 unspecified atom stereocenters. The van der Waals surface area contributed by atoms with Crippen LogP contribution in [-0.4, -0.2) is 38.0 Å². The lowest BCUT2D eigenvalue weighted by molar-refractivity contribution is -0.126. The lowest BCUT2D eigenvalue weighted by Crippen LogP contribution is -2.28. The first-order chi connectivity index (χ1) is 17.5. The second kappa shape index (κ2) is 14.4. The third kappa shape index (κ3) is 9.00. The number of benzene rings is 3. The summed E-state index contributed by atoms with van der Waals surface area (Å²) in [6.45, 7) is 0.776. The van der Waals surface area contributed by atoms with Gasteiger partial charge in [-0.05, 0) is 53.8 Å². The van der Waals surface area contributed by atoms with Crippen LogP contribution in [0, 0.1) is 0 Å². The zero-order chi connectivity index (χ0) is 25.6. The van der Waals surface area contributed by atoms with Crippen LogP contribution >= 0.6 is 0 Å². The smallest absolute Gasteiger partial charge is 0.337 e. The molecule has 36 heavy (non-hydrogen) atoms. The number of hydrogen-bond acceptors (Lipinski definition) is 5.